The average Bonchev–Trinajstić information content (AvgIpc) is 2.81. The largest absolute Gasteiger partial charge is 0.396 e. The monoisotopic (exact) mass is 289 g/mol. The zero-order valence-corrected chi connectivity index (χ0v) is 12.5. The minimum atomic E-state index is -0.609. The minimum Gasteiger partial charge on any atom is -0.396 e. The van der Waals surface area contributed by atoms with Gasteiger partial charge >= 0.3 is 0 Å². The number of aliphatic hydroxyl groups excluding tert-OH is 1. The summed E-state index contributed by atoms with van der Waals surface area (Å²) in [6, 6.07) is 7.33. The van der Waals surface area contributed by atoms with Crippen molar-refractivity contribution in [2.75, 3.05) is 6.61 Å². The van der Waals surface area contributed by atoms with Crippen molar-refractivity contribution in [3.8, 4) is 0 Å². The summed E-state index contributed by atoms with van der Waals surface area (Å²) in [5.41, 5.74) is 7.64. The van der Waals surface area contributed by atoms with E-state index in [1.54, 1.807) is 0 Å². The Morgan fingerprint density at radius 1 is 1.43 bits per heavy atom. The molecule has 1 aromatic heterocycles. The van der Waals surface area contributed by atoms with Crippen molar-refractivity contribution in [2.24, 2.45) is 5.73 Å². The fraction of sp³-hybridized carbons (Fsp3) is 0.438. The summed E-state index contributed by atoms with van der Waals surface area (Å²) in [7, 11) is 0. The zero-order chi connectivity index (χ0) is 15.5. The van der Waals surface area contributed by atoms with Crippen LogP contribution < -0.4 is 11.1 Å². The van der Waals surface area contributed by atoms with E-state index in [1.807, 2.05) is 44.3 Å². The normalized spacial score (nSPS) is 13.3. The number of aromatic nitrogens is 1. The summed E-state index contributed by atoms with van der Waals surface area (Å²) in [6.07, 6.45) is 2.88. The lowest BCUT2D eigenvalue weighted by Gasteiger charge is -2.27. The van der Waals surface area contributed by atoms with Gasteiger partial charge in [-0.1, -0.05) is 18.2 Å². The maximum Gasteiger partial charge on any atom is 0.237 e. The van der Waals surface area contributed by atoms with E-state index in [1.165, 1.54) is 0 Å². The molecule has 2 aromatic rings. The van der Waals surface area contributed by atoms with Crippen LogP contribution in [-0.4, -0.2) is 34.2 Å². The smallest absolute Gasteiger partial charge is 0.237 e. The summed E-state index contributed by atoms with van der Waals surface area (Å²) in [5, 5.41) is 13.0. The summed E-state index contributed by atoms with van der Waals surface area (Å²) in [6.45, 7) is 3.78. The molecule has 5 nitrogen and oxygen atoms in total. The molecule has 2 rings (SSSR count). The molecule has 0 saturated carbocycles. The molecule has 0 spiro atoms. The van der Waals surface area contributed by atoms with Gasteiger partial charge in [0.05, 0.1) is 6.04 Å². The lowest BCUT2D eigenvalue weighted by molar-refractivity contribution is -0.124. The Morgan fingerprint density at radius 3 is 2.86 bits per heavy atom. The Morgan fingerprint density at radius 2 is 2.14 bits per heavy atom. The van der Waals surface area contributed by atoms with E-state index in [0.717, 1.165) is 16.5 Å². The van der Waals surface area contributed by atoms with Gasteiger partial charge in [0.15, 0.2) is 0 Å². The molecule has 21 heavy (non-hydrogen) atoms. The maximum absolute atomic E-state index is 12.2. The van der Waals surface area contributed by atoms with Crippen LogP contribution in [0, 0.1) is 0 Å². The summed E-state index contributed by atoms with van der Waals surface area (Å²) < 4.78 is 0. The van der Waals surface area contributed by atoms with Crippen LogP contribution in [0.5, 0.6) is 0 Å². The molecule has 5 heteroatoms. The number of hydrogen-bond acceptors (Lipinski definition) is 3. The highest BCUT2D eigenvalue weighted by atomic mass is 16.3. The number of amides is 1. The molecule has 0 fully saturated rings. The molecule has 1 atom stereocenters. The van der Waals surface area contributed by atoms with E-state index in [0.29, 0.717) is 12.8 Å². The number of aliphatic hydroxyl groups is 1. The number of aromatic amines is 1. The Labute approximate surface area is 124 Å². The van der Waals surface area contributed by atoms with Crippen LogP contribution in [-0.2, 0) is 11.2 Å². The average molecular weight is 289 g/mol. The molecule has 0 aliphatic carbocycles. The predicted molar refractivity (Wildman–Crippen MR) is 83.9 cm³/mol. The van der Waals surface area contributed by atoms with Gasteiger partial charge in [-0.15, -0.1) is 0 Å². The van der Waals surface area contributed by atoms with Gasteiger partial charge in [-0.2, -0.15) is 0 Å². The van der Waals surface area contributed by atoms with Gasteiger partial charge in [0, 0.05) is 29.2 Å². The third kappa shape index (κ3) is 3.83. The Balaban J connectivity index is 2.04. The van der Waals surface area contributed by atoms with E-state index in [9.17, 15) is 4.79 Å². The lowest BCUT2D eigenvalue weighted by atomic mass is 9.99. The van der Waals surface area contributed by atoms with E-state index >= 15 is 0 Å². The highest BCUT2D eigenvalue weighted by molar-refractivity contribution is 5.86. The van der Waals surface area contributed by atoms with E-state index in [4.69, 9.17) is 10.8 Å². The molecule has 1 aromatic carbocycles. The molecule has 0 aliphatic heterocycles. The second-order valence-corrected chi connectivity index (χ2v) is 6.02. The van der Waals surface area contributed by atoms with Gasteiger partial charge in [0.25, 0.3) is 0 Å². The van der Waals surface area contributed by atoms with Crippen molar-refractivity contribution in [2.45, 2.75) is 38.3 Å². The molecule has 114 valence electrons. The first kappa shape index (κ1) is 15.5. The maximum atomic E-state index is 12.2. The lowest BCUT2D eigenvalue weighted by Crippen LogP contribution is -2.51. The molecule has 1 heterocycles. The topological polar surface area (TPSA) is 91.1 Å². The zero-order valence-electron chi connectivity index (χ0n) is 12.5. The Bertz CT molecular complexity index is 619. The van der Waals surface area contributed by atoms with E-state index < -0.39 is 11.6 Å². The second-order valence-electron chi connectivity index (χ2n) is 6.02. The molecule has 5 N–H and O–H groups in total. The van der Waals surface area contributed by atoms with Gasteiger partial charge in [-0.3, -0.25) is 4.79 Å². The number of hydrogen-bond donors (Lipinski definition) is 4. The number of benzene rings is 1. The third-order valence-corrected chi connectivity index (χ3v) is 3.65. The van der Waals surface area contributed by atoms with Crippen LogP contribution in [0.2, 0.25) is 0 Å². The third-order valence-electron chi connectivity index (χ3n) is 3.65. The summed E-state index contributed by atoms with van der Waals surface area (Å²) >= 11 is 0. The number of carbonyl (C=O) groups is 1. The van der Waals surface area contributed by atoms with Gasteiger partial charge in [0.1, 0.15) is 0 Å². The number of para-hydroxylation sites is 1. The van der Waals surface area contributed by atoms with Crippen molar-refractivity contribution < 1.29 is 9.90 Å². The molecule has 0 radical (unpaired) electrons. The fourth-order valence-corrected chi connectivity index (χ4v) is 2.40. The number of fused-ring (bicyclic) bond motifs is 1. The first-order valence-electron chi connectivity index (χ1n) is 7.16. The summed E-state index contributed by atoms with van der Waals surface area (Å²) in [5.74, 6) is -0.196. The van der Waals surface area contributed by atoms with E-state index in [2.05, 4.69) is 10.3 Å². The van der Waals surface area contributed by atoms with E-state index in [-0.39, 0.29) is 12.5 Å². The molecule has 0 bridgehead atoms. The van der Waals surface area contributed by atoms with Gasteiger partial charge < -0.3 is 21.1 Å². The molecule has 0 aliphatic rings. The summed E-state index contributed by atoms with van der Waals surface area (Å²) in [4.78, 5) is 15.3. The number of nitrogens with two attached hydrogens (primary N) is 1. The van der Waals surface area contributed by atoms with Crippen LogP contribution in [0.15, 0.2) is 30.5 Å². The highest BCUT2D eigenvalue weighted by Gasteiger charge is 2.24. The van der Waals surface area contributed by atoms with Crippen LogP contribution in [0.3, 0.4) is 0 Å². The van der Waals surface area contributed by atoms with Gasteiger partial charge in [-0.25, -0.2) is 0 Å². The molecular weight excluding hydrogens is 266 g/mol. The van der Waals surface area contributed by atoms with Crippen LogP contribution in [0.4, 0.5) is 0 Å². The molecule has 0 saturated heterocycles. The fourth-order valence-electron chi connectivity index (χ4n) is 2.40. The van der Waals surface area contributed by atoms with Crippen molar-refractivity contribution in [3.63, 3.8) is 0 Å². The number of nitrogens with one attached hydrogen (secondary N) is 2. The first-order chi connectivity index (χ1) is 9.93. The second kappa shape index (κ2) is 6.28. The Kier molecular flexibility index (Phi) is 4.65. The first-order valence-corrected chi connectivity index (χ1v) is 7.16. The Hall–Kier alpha value is -1.85. The number of H-pyrrole nitrogens is 1. The molecule has 0 unspecified atom stereocenters. The van der Waals surface area contributed by atoms with Crippen molar-refractivity contribution >= 4 is 16.8 Å². The van der Waals surface area contributed by atoms with Crippen molar-refractivity contribution in [1.82, 2.24) is 10.3 Å². The number of rotatable bonds is 6. The SMILES string of the molecule is CC(C)(CCO)NC(=O)[C@H](N)Cc1c[nH]c2ccccc12. The molecule has 1 amide bonds. The van der Waals surface area contributed by atoms with Crippen LogP contribution in [0.25, 0.3) is 10.9 Å². The number of carbonyl (C=O) groups excluding carboxylic acids is 1. The quantitative estimate of drug-likeness (QED) is 0.646. The van der Waals surface area contributed by atoms with Gasteiger partial charge in [0.2, 0.25) is 5.91 Å². The van der Waals surface area contributed by atoms with Crippen LogP contribution in [0.1, 0.15) is 25.8 Å². The minimum absolute atomic E-state index is 0.0327. The highest BCUT2D eigenvalue weighted by Crippen LogP contribution is 2.19. The molecular formula is C16H23N3O2. The van der Waals surface area contributed by atoms with Crippen LogP contribution >= 0.6 is 0 Å². The van der Waals surface area contributed by atoms with Crippen molar-refractivity contribution in [1.29, 1.82) is 0 Å². The van der Waals surface area contributed by atoms with Crippen molar-refractivity contribution in [3.05, 3.63) is 36.0 Å². The predicted octanol–water partition coefficient (Wildman–Crippen LogP) is 1.31. The standard InChI is InChI=1S/C16H23N3O2/c1-16(2,7-8-20)19-15(21)13(17)9-11-10-18-14-6-4-3-5-12(11)14/h3-6,10,13,18,20H,7-9,17H2,1-2H3,(H,19,21)/t13-/m1/s1. The van der Waals surface area contributed by atoms with Gasteiger partial charge in [-0.05, 0) is 38.3 Å².